The van der Waals surface area contributed by atoms with Crippen molar-refractivity contribution in [3.05, 3.63) is 53.9 Å². The van der Waals surface area contributed by atoms with Gasteiger partial charge in [0.2, 0.25) is 0 Å². The highest BCUT2D eigenvalue weighted by Gasteiger charge is 2.35. The molecular formula is C23H28N6O. The van der Waals surface area contributed by atoms with E-state index in [0.717, 1.165) is 35.4 Å². The molecule has 7 nitrogen and oxygen atoms in total. The molecule has 3 aromatic rings. The maximum Gasteiger partial charge on any atom is 0.255 e. The van der Waals surface area contributed by atoms with E-state index in [1.165, 1.54) is 25.9 Å². The van der Waals surface area contributed by atoms with E-state index in [1.807, 2.05) is 41.2 Å². The second kappa shape index (κ2) is 8.07. The predicted octanol–water partition coefficient (Wildman–Crippen LogP) is 2.89. The lowest BCUT2D eigenvalue weighted by Gasteiger charge is -2.45. The third kappa shape index (κ3) is 3.54. The van der Waals surface area contributed by atoms with E-state index in [2.05, 4.69) is 32.5 Å². The average Bonchev–Trinajstić information content (AvgIpc) is 3.23. The summed E-state index contributed by atoms with van der Waals surface area (Å²) < 4.78 is 1.88. The van der Waals surface area contributed by atoms with E-state index in [4.69, 9.17) is 0 Å². The third-order valence-corrected chi connectivity index (χ3v) is 6.49. The van der Waals surface area contributed by atoms with Crippen LogP contribution < -0.4 is 10.6 Å². The van der Waals surface area contributed by atoms with Crippen LogP contribution in [0.1, 0.15) is 35.7 Å². The van der Waals surface area contributed by atoms with Crippen LogP contribution in [0.4, 0.5) is 5.69 Å². The number of benzene rings is 1. The average molecular weight is 405 g/mol. The second-order valence-electron chi connectivity index (χ2n) is 8.30. The molecular weight excluding hydrogens is 376 g/mol. The Labute approximate surface area is 176 Å². The van der Waals surface area contributed by atoms with Gasteiger partial charge in [0, 0.05) is 31.9 Å². The van der Waals surface area contributed by atoms with Gasteiger partial charge in [-0.05, 0) is 44.3 Å². The highest BCUT2D eigenvalue weighted by Crippen LogP contribution is 2.33. The normalized spacial score (nSPS) is 22.9. The Morgan fingerprint density at radius 2 is 1.97 bits per heavy atom. The molecule has 3 fully saturated rings. The number of pyridine rings is 1. The fourth-order valence-electron chi connectivity index (χ4n) is 4.77. The van der Waals surface area contributed by atoms with Crippen molar-refractivity contribution in [1.82, 2.24) is 25.0 Å². The summed E-state index contributed by atoms with van der Waals surface area (Å²) in [5, 5.41) is 12.2. The van der Waals surface area contributed by atoms with Crippen LogP contribution in [0.3, 0.4) is 0 Å². The Morgan fingerprint density at radius 1 is 1.17 bits per heavy atom. The SMILES string of the molecule is CCn1ncc2c(NC3CN4CCC3CC4)c(C(=O)NCc3ccccc3)cnc21. The second-order valence-corrected chi connectivity index (χ2v) is 8.30. The van der Waals surface area contributed by atoms with Gasteiger partial charge in [-0.15, -0.1) is 0 Å². The zero-order valence-electron chi connectivity index (χ0n) is 17.3. The summed E-state index contributed by atoms with van der Waals surface area (Å²) in [7, 11) is 0. The van der Waals surface area contributed by atoms with Gasteiger partial charge in [-0.25, -0.2) is 9.67 Å². The minimum absolute atomic E-state index is 0.110. The molecule has 1 aromatic carbocycles. The van der Waals surface area contributed by atoms with Gasteiger partial charge in [0.25, 0.3) is 5.91 Å². The lowest BCUT2D eigenvalue weighted by Crippen LogP contribution is -2.53. The fraction of sp³-hybridized carbons (Fsp3) is 0.435. The van der Waals surface area contributed by atoms with Gasteiger partial charge >= 0.3 is 0 Å². The molecule has 6 rings (SSSR count). The van der Waals surface area contributed by atoms with E-state index in [-0.39, 0.29) is 5.91 Å². The highest BCUT2D eigenvalue weighted by atomic mass is 16.1. The summed E-state index contributed by atoms with van der Waals surface area (Å²) in [6, 6.07) is 10.3. The van der Waals surface area contributed by atoms with Crippen molar-refractivity contribution in [1.29, 1.82) is 0 Å². The zero-order valence-corrected chi connectivity index (χ0v) is 17.3. The van der Waals surface area contributed by atoms with Crippen molar-refractivity contribution in [3.8, 4) is 0 Å². The molecule has 1 amide bonds. The van der Waals surface area contributed by atoms with Crippen LogP contribution in [0.5, 0.6) is 0 Å². The van der Waals surface area contributed by atoms with Crippen LogP contribution in [0.25, 0.3) is 11.0 Å². The van der Waals surface area contributed by atoms with Gasteiger partial charge in [-0.3, -0.25) is 4.79 Å². The Balaban J connectivity index is 1.46. The van der Waals surface area contributed by atoms with Gasteiger partial charge in [-0.2, -0.15) is 5.10 Å². The molecule has 0 saturated carbocycles. The number of rotatable bonds is 6. The lowest BCUT2D eigenvalue weighted by molar-refractivity contribution is 0.0944. The lowest BCUT2D eigenvalue weighted by atomic mass is 9.84. The molecule has 3 saturated heterocycles. The van der Waals surface area contributed by atoms with Crippen molar-refractivity contribution in [2.45, 2.75) is 38.9 Å². The maximum atomic E-state index is 13.1. The molecule has 1 atom stereocenters. The predicted molar refractivity (Wildman–Crippen MR) is 117 cm³/mol. The Bertz CT molecular complexity index is 1040. The molecule has 3 aliphatic rings. The number of carbonyl (C=O) groups excluding carboxylic acids is 1. The summed E-state index contributed by atoms with van der Waals surface area (Å²) in [6.07, 6.45) is 5.97. The van der Waals surface area contributed by atoms with E-state index in [9.17, 15) is 4.79 Å². The topological polar surface area (TPSA) is 75.1 Å². The molecule has 2 N–H and O–H groups in total. The molecule has 1 unspecified atom stereocenters. The van der Waals surface area contributed by atoms with E-state index in [0.29, 0.717) is 24.1 Å². The smallest absolute Gasteiger partial charge is 0.255 e. The number of carbonyl (C=O) groups is 1. The van der Waals surface area contributed by atoms with Crippen LogP contribution in [0, 0.1) is 5.92 Å². The number of fused-ring (bicyclic) bond motifs is 4. The molecule has 30 heavy (non-hydrogen) atoms. The van der Waals surface area contributed by atoms with Crippen LogP contribution >= 0.6 is 0 Å². The van der Waals surface area contributed by atoms with Gasteiger partial charge < -0.3 is 15.5 Å². The minimum Gasteiger partial charge on any atom is -0.379 e. The Hall–Kier alpha value is -2.93. The molecule has 3 aliphatic heterocycles. The molecule has 0 radical (unpaired) electrons. The zero-order chi connectivity index (χ0) is 20.5. The first-order chi connectivity index (χ1) is 14.7. The molecule has 0 aliphatic carbocycles. The summed E-state index contributed by atoms with van der Waals surface area (Å²) >= 11 is 0. The van der Waals surface area contributed by atoms with Crippen molar-refractivity contribution in [3.63, 3.8) is 0 Å². The number of aromatic nitrogens is 3. The fourth-order valence-corrected chi connectivity index (χ4v) is 4.77. The molecule has 2 aromatic heterocycles. The minimum atomic E-state index is -0.110. The first kappa shape index (κ1) is 19.1. The number of anilines is 1. The van der Waals surface area contributed by atoms with Gasteiger partial charge in [0.15, 0.2) is 5.65 Å². The van der Waals surface area contributed by atoms with Crippen molar-refractivity contribution >= 4 is 22.6 Å². The molecule has 2 bridgehead atoms. The van der Waals surface area contributed by atoms with Gasteiger partial charge in [0.1, 0.15) is 0 Å². The van der Waals surface area contributed by atoms with Crippen molar-refractivity contribution < 1.29 is 4.79 Å². The van der Waals surface area contributed by atoms with Gasteiger partial charge in [0.05, 0.1) is 22.8 Å². The highest BCUT2D eigenvalue weighted by molar-refractivity contribution is 6.06. The summed E-state index contributed by atoms with van der Waals surface area (Å²) in [6.45, 7) is 6.69. The number of amides is 1. The van der Waals surface area contributed by atoms with E-state index >= 15 is 0 Å². The largest absolute Gasteiger partial charge is 0.379 e. The number of hydrogen-bond donors (Lipinski definition) is 2. The number of piperidine rings is 3. The van der Waals surface area contributed by atoms with Crippen LogP contribution in [0.2, 0.25) is 0 Å². The Kier molecular flexibility index (Phi) is 5.12. The monoisotopic (exact) mass is 404 g/mol. The Morgan fingerprint density at radius 3 is 2.67 bits per heavy atom. The summed E-state index contributed by atoms with van der Waals surface area (Å²) in [5.41, 5.74) is 3.35. The number of hydrogen-bond acceptors (Lipinski definition) is 5. The number of nitrogens with zero attached hydrogens (tertiary/aromatic N) is 4. The first-order valence-corrected chi connectivity index (χ1v) is 10.9. The van der Waals surface area contributed by atoms with Crippen LogP contribution in [-0.2, 0) is 13.1 Å². The maximum absolute atomic E-state index is 13.1. The number of aryl methyl sites for hydroxylation is 1. The summed E-state index contributed by atoms with van der Waals surface area (Å²) in [4.78, 5) is 20.2. The first-order valence-electron chi connectivity index (χ1n) is 10.9. The van der Waals surface area contributed by atoms with E-state index < -0.39 is 0 Å². The van der Waals surface area contributed by atoms with E-state index in [1.54, 1.807) is 6.20 Å². The number of nitrogens with one attached hydrogen (secondary N) is 2. The molecule has 5 heterocycles. The molecule has 7 heteroatoms. The van der Waals surface area contributed by atoms with Gasteiger partial charge in [-0.1, -0.05) is 30.3 Å². The molecule has 0 spiro atoms. The quantitative estimate of drug-likeness (QED) is 0.661. The molecule has 156 valence electrons. The van der Waals surface area contributed by atoms with Crippen molar-refractivity contribution in [2.24, 2.45) is 5.92 Å². The third-order valence-electron chi connectivity index (χ3n) is 6.49. The summed E-state index contributed by atoms with van der Waals surface area (Å²) in [5.74, 6) is 0.543. The van der Waals surface area contributed by atoms with Crippen LogP contribution in [0.15, 0.2) is 42.7 Å². The van der Waals surface area contributed by atoms with Crippen molar-refractivity contribution in [2.75, 3.05) is 25.0 Å². The standard InChI is InChI=1S/C23H28N6O/c1-2-29-22-18(14-26-29)21(27-20-15-28-10-8-17(20)9-11-28)19(13-24-22)23(30)25-12-16-6-4-3-5-7-16/h3-7,13-14,17,20H,2,8-12,15H2,1H3,(H,24,27)(H,25,30). The van der Waals surface area contributed by atoms with Crippen LogP contribution in [-0.4, -0.2) is 51.2 Å².